The van der Waals surface area contributed by atoms with Crippen LogP contribution in [0.15, 0.2) is 17.4 Å². The number of fused-ring (bicyclic) bond motifs is 2. The number of aryl methyl sites for hydroxylation is 1. The molecule has 4 atom stereocenters. The summed E-state index contributed by atoms with van der Waals surface area (Å²) in [5.74, 6) is 1.37. The minimum atomic E-state index is -0.598. The van der Waals surface area contributed by atoms with Gasteiger partial charge in [-0.3, -0.25) is 9.67 Å². The second-order valence-electron chi connectivity index (χ2n) is 7.37. The lowest BCUT2D eigenvalue weighted by atomic mass is 9.46. The molecule has 3 fully saturated rings. The summed E-state index contributed by atoms with van der Waals surface area (Å²) in [7, 11) is 3.62. The number of guanidine groups is 1. The molecule has 25 heavy (non-hydrogen) atoms. The van der Waals surface area contributed by atoms with Crippen molar-refractivity contribution in [2.45, 2.75) is 43.9 Å². The first-order chi connectivity index (χ1) is 11.6. The number of hydrogen-bond acceptors (Lipinski definition) is 4. The Kier molecular flexibility index (Phi) is 5.60. The summed E-state index contributed by atoms with van der Waals surface area (Å²) in [5.41, 5.74) is 1.13. The van der Waals surface area contributed by atoms with Gasteiger partial charge in [0.2, 0.25) is 0 Å². The van der Waals surface area contributed by atoms with Crippen LogP contribution in [-0.4, -0.2) is 53.2 Å². The van der Waals surface area contributed by atoms with Crippen molar-refractivity contribution < 1.29 is 9.84 Å². The van der Waals surface area contributed by atoms with Crippen LogP contribution in [0.2, 0.25) is 0 Å². The average molecular weight is 461 g/mol. The number of nitrogens with zero attached hydrogens (tertiary/aromatic N) is 3. The fourth-order valence-electron chi connectivity index (χ4n) is 4.72. The summed E-state index contributed by atoms with van der Waals surface area (Å²) in [5, 5.41) is 21.2. The summed E-state index contributed by atoms with van der Waals surface area (Å²) in [6.07, 6.45) is 8.32. The molecule has 4 rings (SSSR count). The zero-order chi connectivity index (χ0) is 16.7. The number of nitrogens with one attached hydrogen (secondary N) is 2. The van der Waals surface area contributed by atoms with E-state index in [9.17, 15) is 5.11 Å². The van der Waals surface area contributed by atoms with E-state index in [0.29, 0.717) is 30.0 Å². The summed E-state index contributed by atoms with van der Waals surface area (Å²) in [6.45, 7) is 1.30. The lowest BCUT2D eigenvalue weighted by Crippen LogP contribution is -2.72. The van der Waals surface area contributed by atoms with Gasteiger partial charge in [-0.25, -0.2) is 0 Å². The maximum atomic E-state index is 10.3. The maximum absolute atomic E-state index is 10.3. The van der Waals surface area contributed by atoms with E-state index in [1.807, 2.05) is 13.2 Å². The Balaban J connectivity index is 0.00000182. The van der Waals surface area contributed by atoms with Crippen molar-refractivity contribution in [3.63, 3.8) is 0 Å². The molecule has 3 aliphatic rings. The highest BCUT2D eigenvalue weighted by Crippen LogP contribution is 2.62. The molecule has 0 aromatic carbocycles. The third kappa shape index (κ3) is 3.16. The van der Waals surface area contributed by atoms with E-state index in [1.165, 1.54) is 19.3 Å². The van der Waals surface area contributed by atoms with Crippen LogP contribution in [0.5, 0.6) is 0 Å². The Morgan fingerprint density at radius 2 is 2.36 bits per heavy atom. The van der Waals surface area contributed by atoms with Crippen LogP contribution in [0.25, 0.3) is 0 Å². The van der Waals surface area contributed by atoms with Crippen molar-refractivity contribution in [1.82, 2.24) is 20.4 Å². The van der Waals surface area contributed by atoms with Crippen LogP contribution in [0.3, 0.4) is 0 Å². The van der Waals surface area contributed by atoms with Crippen molar-refractivity contribution in [1.29, 1.82) is 0 Å². The van der Waals surface area contributed by atoms with Crippen LogP contribution < -0.4 is 10.6 Å². The third-order valence-electron chi connectivity index (χ3n) is 6.12. The van der Waals surface area contributed by atoms with E-state index in [2.05, 4.69) is 20.7 Å². The minimum Gasteiger partial charge on any atom is -0.386 e. The lowest BCUT2D eigenvalue weighted by Gasteiger charge is -2.63. The maximum Gasteiger partial charge on any atom is 0.191 e. The highest BCUT2D eigenvalue weighted by atomic mass is 127. The normalized spacial score (nSPS) is 30.7. The second kappa shape index (κ2) is 7.40. The molecule has 140 valence electrons. The number of hydrogen-bond donors (Lipinski definition) is 3. The van der Waals surface area contributed by atoms with E-state index >= 15 is 0 Å². The molecule has 1 aromatic heterocycles. The fourth-order valence-corrected chi connectivity index (χ4v) is 4.72. The third-order valence-corrected chi connectivity index (χ3v) is 6.12. The quantitative estimate of drug-likeness (QED) is 0.357. The highest BCUT2D eigenvalue weighted by Gasteiger charge is 2.66. The first-order valence-electron chi connectivity index (χ1n) is 8.89. The number of aliphatic hydroxyl groups is 1. The van der Waals surface area contributed by atoms with Crippen molar-refractivity contribution in [2.24, 2.45) is 23.4 Å². The molecule has 2 aliphatic carbocycles. The largest absolute Gasteiger partial charge is 0.386 e. The Hall–Kier alpha value is -0.870. The molecular weight excluding hydrogens is 433 g/mol. The molecule has 1 saturated heterocycles. The van der Waals surface area contributed by atoms with Gasteiger partial charge in [-0.15, -0.1) is 24.0 Å². The van der Waals surface area contributed by atoms with Crippen LogP contribution in [-0.2, 0) is 11.8 Å². The molecule has 8 heteroatoms. The van der Waals surface area contributed by atoms with Gasteiger partial charge in [0.1, 0.15) is 0 Å². The first-order valence-corrected chi connectivity index (χ1v) is 8.89. The molecule has 0 amide bonds. The van der Waals surface area contributed by atoms with Crippen molar-refractivity contribution in [3.05, 3.63) is 18.0 Å². The van der Waals surface area contributed by atoms with E-state index in [1.54, 1.807) is 17.9 Å². The van der Waals surface area contributed by atoms with Crippen LogP contribution in [0.1, 0.15) is 37.4 Å². The molecule has 0 radical (unpaired) electrons. The van der Waals surface area contributed by atoms with Gasteiger partial charge < -0.3 is 20.5 Å². The summed E-state index contributed by atoms with van der Waals surface area (Å²) >= 11 is 0. The molecule has 4 unspecified atom stereocenters. The highest BCUT2D eigenvalue weighted by molar-refractivity contribution is 14.0. The van der Waals surface area contributed by atoms with E-state index in [-0.39, 0.29) is 24.0 Å². The van der Waals surface area contributed by atoms with E-state index < -0.39 is 6.10 Å². The monoisotopic (exact) mass is 461 g/mol. The Labute approximate surface area is 165 Å². The zero-order valence-corrected chi connectivity index (χ0v) is 17.1. The van der Waals surface area contributed by atoms with Gasteiger partial charge in [0.25, 0.3) is 0 Å². The van der Waals surface area contributed by atoms with E-state index in [0.717, 1.165) is 24.6 Å². The fraction of sp³-hybridized carbons (Fsp3) is 0.765. The molecule has 1 aromatic rings. The molecule has 1 aliphatic heterocycles. The molecular formula is C17H28IN5O2. The molecule has 2 heterocycles. The van der Waals surface area contributed by atoms with Gasteiger partial charge in [0, 0.05) is 56.4 Å². The zero-order valence-electron chi connectivity index (χ0n) is 14.8. The minimum absolute atomic E-state index is 0. The van der Waals surface area contributed by atoms with Crippen LogP contribution >= 0.6 is 24.0 Å². The topological polar surface area (TPSA) is 83.7 Å². The lowest BCUT2D eigenvalue weighted by molar-refractivity contribution is -0.171. The Morgan fingerprint density at radius 3 is 2.96 bits per heavy atom. The van der Waals surface area contributed by atoms with E-state index in [4.69, 9.17) is 4.74 Å². The Morgan fingerprint density at radius 1 is 1.56 bits per heavy atom. The summed E-state index contributed by atoms with van der Waals surface area (Å²) < 4.78 is 7.66. The predicted molar refractivity (Wildman–Crippen MR) is 106 cm³/mol. The molecule has 2 saturated carbocycles. The van der Waals surface area contributed by atoms with Gasteiger partial charge >= 0.3 is 0 Å². The standard InChI is InChI=1S/C17H27N5O2.HI/c1-18-16(19-9-13(23)11-8-20-22(2)10-11)21-14-12-4-7-24-15(12)17(14)5-3-6-17;/h8,10,12-15,23H,3-7,9H2,1-2H3,(H2,18,19,21);1H. The van der Waals surface area contributed by atoms with Crippen molar-refractivity contribution in [3.8, 4) is 0 Å². The number of aliphatic imine (C=N–C) groups is 1. The van der Waals surface area contributed by atoms with Crippen molar-refractivity contribution in [2.75, 3.05) is 20.2 Å². The van der Waals surface area contributed by atoms with Gasteiger partial charge in [0.15, 0.2) is 5.96 Å². The summed E-state index contributed by atoms with van der Waals surface area (Å²) in [6, 6.07) is 0.445. The van der Waals surface area contributed by atoms with Gasteiger partial charge in [0.05, 0.1) is 18.4 Å². The number of rotatable bonds is 4. The van der Waals surface area contributed by atoms with Gasteiger partial charge in [-0.2, -0.15) is 5.10 Å². The van der Waals surface area contributed by atoms with Gasteiger partial charge in [-0.05, 0) is 19.3 Å². The Bertz CT molecular complexity index is 630. The SMILES string of the molecule is CN=C(NCC(O)c1cnn(C)c1)NC1C2CCOC2C12CCC2.I. The smallest absolute Gasteiger partial charge is 0.191 e. The molecule has 0 bridgehead atoms. The van der Waals surface area contributed by atoms with Crippen LogP contribution in [0, 0.1) is 11.3 Å². The molecule has 7 nitrogen and oxygen atoms in total. The van der Waals surface area contributed by atoms with Gasteiger partial charge in [-0.1, -0.05) is 6.42 Å². The summed E-state index contributed by atoms with van der Waals surface area (Å²) in [4.78, 5) is 4.34. The average Bonchev–Trinajstić information content (AvgIpc) is 3.13. The predicted octanol–water partition coefficient (Wildman–Crippen LogP) is 1.19. The number of aliphatic hydroxyl groups excluding tert-OH is 1. The molecule has 3 N–H and O–H groups in total. The number of halogens is 1. The molecule has 1 spiro atoms. The second-order valence-corrected chi connectivity index (χ2v) is 7.37. The van der Waals surface area contributed by atoms with Crippen molar-refractivity contribution >= 4 is 29.9 Å². The first kappa shape index (κ1) is 18.9. The number of aromatic nitrogens is 2. The number of ether oxygens (including phenoxy) is 1. The van der Waals surface area contributed by atoms with Crippen LogP contribution in [0.4, 0.5) is 0 Å².